The van der Waals surface area contributed by atoms with Crippen LogP contribution in [0.2, 0.25) is 0 Å². The maximum Gasteiger partial charge on any atom is 0.343 e. The SMILES string of the molecule is CCCCCCCCCCCCOc1ccc(C(=O)Oc2ccc(/C=C/c3cccc(/C=C/c4ccc(OC(=O)c5ccc(OCCCCCCCCCCCC)c(OC)c5)cc4)n3)cc2)cc1OC. The molecule has 0 aliphatic heterocycles. The van der Waals surface area contributed by atoms with Crippen molar-refractivity contribution in [3.63, 3.8) is 0 Å². The summed E-state index contributed by atoms with van der Waals surface area (Å²) in [5, 5.41) is 0. The molecule has 0 atom stereocenters. The van der Waals surface area contributed by atoms with Gasteiger partial charge in [-0.15, -0.1) is 0 Å². The normalized spacial score (nSPS) is 11.3. The van der Waals surface area contributed by atoms with Crippen molar-refractivity contribution >= 4 is 36.2 Å². The average Bonchev–Trinajstić information content (AvgIpc) is 3.39. The molecule has 0 amide bonds. The third-order valence-corrected chi connectivity index (χ3v) is 12.2. The molecule has 0 spiro atoms. The lowest BCUT2D eigenvalue weighted by Gasteiger charge is -2.12. The molecule has 0 fully saturated rings. The third-order valence-electron chi connectivity index (χ3n) is 12.2. The second-order valence-corrected chi connectivity index (χ2v) is 17.9. The smallest absolute Gasteiger partial charge is 0.343 e. The highest BCUT2D eigenvalue weighted by molar-refractivity contribution is 5.92. The number of ether oxygens (including phenoxy) is 6. The van der Waals surface area contributed by atoms with Gasteiger partial charge in [0.25, 0.3) is 0 Å². The molecule has 0 saturated heterocycles. The molecular weight excluding hydrogens is 875 g/mol. The Morgan fingerprint density at radius 2 is 0.771 bits per heavy atom. The van der Waals surface area contributed by atoms with Gasteiger partial charge in [-0.25, -0.2) is 14.6 Å². The second-order valence-electron chi connectivity index (χ2n) is 17.9. The highest BCUT2D eigenvalue weighted by atomic mass is 16.5. The number of aromatic nitrogens is 1. The molecule has 0 bridgehead atoms. The fourth-order valence-electron chi connectivity index (χ4n) is 8.01. The molecule has 374 valence electrons. The van der Waals surface area contributed by atoms with Gasteiger partial charge in [0, 0.05) is 0 Å². The summed E-state index contributed by atoms with van der Waals surface area (Å²) in [6.07, 6.45) is 33.1. The molecule has 1 aromatic heterocycles. The molecule has 9 heteroatoms. The second kappa shape index (κ2) is 32.5. The molecule has 9 nitrogen and oxygen atoms in total. The van der Waals surface area contributed by atoms with E-state index in [9.17, 15) is 9.59 Å². The molecule has 70 heavy (non-hydrogen) atoms. The fourth-order valence-corrected chi connectivity index (χ4v) is 8.01. The van der Waals surface area contributed by atoms with Crippen LogP contribution in [0.1, 0.15) is 185 Å². The number of carbonyl (C=O) groups excluding carboxylic acids is 2. The van der Waals surface area contributed by atoms with Crippen LogP contribution in [0.3, 0.4) is 0 Å². The van der Waals surface area contributed by atoms with Gasteiger partial charge < -0.3 is 28.4 Å². The Bertz CT molecular complexity index is 2170. The van der Waals surface area contributed by atoms with Crippen LogP contribution < -0.4 is 28.4 Å². The highest BCUT2D eigenvalue weighted by Crippen LogP contribution is 2.31. The quantitative estimate of drug-likeness (QED) is 0.0227. The van der Waals surface area contributed by atoms with Gasteiger partial charge in [-0.05, 0) is 109 Å². The molecular formula is C61H77NO8. The van der Waals surface area contributed by atoms with Crippen LogP contribution in [0.15, 0.2) is 103 Å². The van der Waals surface area contributed by atoms with Gasteiger partial charge in [0.05, 0.1) is 49.9 Å². The predicted molar refractivity (Wildman–Crippen MR) is 286 cm³/mol. The predicted octanol–water partition coefficient (Wildman–Crippen LogP) is 16.5. The van der Waals surface area contributed by atoms with E-state index in [1.165, 1.54) is 103 Å². The van der Waals surface area contributed by atoms with Gasteiger partial charge in [0.1, 0.15) is 11.5 Å². The standard InChI is InChI=1S/C61H77NO8/c1-5-7-9-11-13-15-17-19-21-23-44-67-56-42-34-50(46-58(56)65-3)60(63)69-54-38-30-48(31-39-54)28-36-52-26-25-27-53(62-52)37-29-49-32-40-55(41-33-49)70-61(64)51-35-43-57(59(47-51)66-4)68-45-24-22-20-18-16-14-12-10-8-6-2/h25-43,46-47H,5-24,44-45H2,1-4H3/b36-28+,37-29+. The number of benzene rings is 4. The first-order valence-corrected chi connectivity index (χ1v) is 26.0. The Morgan fingerprint density at radius 1 is 0.414 bits per heavy atom. The maximum atomic E-state index is 13.1. The number of carbonyl (C=O) groups is 2. The topological polar surface area (TPSA) is 102 Å². The van der Waals surface area contributed by atoms with E-state index in [1.807, 2.05) is 66.8 Å². The fraction of sp³-hybridized carbons (Fsp3) is 0.426. The molecule has 5 aromatic rings. The Balaban J connectivity index is 1.02. The number of nitrogens with zero attached hydrogens (tertiary/aromatic N) is 1. The number of esters is 2. The molecule has 5 rings (SSSR count). The van der Waals surface area contributed by atoms with E-state index in [-0.39, 0.29) is 0 Å². The Morgan fingerprint density at radius 3 is 1.13 bits per heavy atom. The third kappa shape index (κ3) is 20.3. The van der Waals surface area contributed by atoms with Crippen molar-refractivity contribution in [3.8, 4) is 34.5 Å². The first-order chi connectivity index (χ1) is 34.4. The van der Waals surface area contributed by atoms with Crippen molar-refractivity contribution < 1.29 is 38.0 Å². The molecule has 0 aliphatic rings. The van der Waals surface area contributed by atoms with Crippen LogP contribution >= 0.6 is 0 Å². The largest absolute Gasteiger partial charge is 0.493 e. The monoisotopic (exact) mass is 952 g/mol. The summed E-state index contributed by atoms with van der Waals surface area (Å²) in [6, 6.07) is 30.7. The van der Waals surface area contributed by atoms with Crippen LogP contribution in [0, 0.1) is 0 Å². The van der Waals surface area contributed by atoms with Crippen LogP contribution in [-0.4, -0.2) is 44.4 Å². The molecule has 0 unspecified atom stereocenters. The van der Waals surface area contributed by atoms with Gasteiger partial charge >= 0.3 is 11.9 Å². The molecule has 0 saturated carbocycles. The van der Waals surface area contributed by atoms with Gasteiger partial charge in [0.2, 0.25) is 0 Å². The lowest BCUT2D eigenvalue weighted by Crippen LogP contribution is -2.09. The minimum atomic E-state index is -0.477. The molecule has 4 aromatic carbocycles. The van der Waals surface area contributed by atoms with E-state index in [4.69, 9.17) is 33.4 Å². The van der Waals surface area contributed by atoms with Crippen molar-refractivity contribution in [2.24, 2.45) is 0 Å². The zero-order chi connectivity index (χ0) is 49.4. The number of hydrogen-bond acceptors (Lipinski definition) is 9. The molecule has 1 heterocycles. The maximum absolute atomic E-state index is 13.1. The van der Waals surface area contributed by atoms with Gasteiger partial charge in [-0.3, -0.25) is 0 Å². The summed E-state index contributed by atoms with van der Waals surface area (Å²) in [7, 11) is 3.15. The summed E-state index contributed by atoms with van der Waals surface area (Å²) in [5.74, 6) is 2.16. The van der Waals surface area contributed by atoms with Gasteiger partial charge in [0.15, 0.2) is 23.0 Å². The van der Waals surface area contributed by atoms with Crippen LogP contribution in [0.4, 0.5) is 0 Å². The van der Waals surface area contributed by atoms with Crippen molar-refractivity contribution in [2.75, 3.05) is 27.4 Å². The number of unbranched alkanes of at least 4 members (excludes halogenated alkanes) is 18. The van der Waals surface area contributed by atoms with Crippen LogP contribution in [0.5, 0.6) is 34.5 Å². The summed E-state index contributed by atoms with van der Waals surface area (Å²) >= 11 is 0. The van der Waals surface area contributed by atoms with Gasteiger partial charge in [-0.2, -0.15) is 0 Å². The summed E-state index contributed by atoms with van der Waals surface area (Å²) in [5.41, 5.74) is 4.18. The van der Waals surface area contributed by atoms with Crippen molar-refractivity contribution in [1.82, 2.24) is 4.98 Å². The van der Waals surface area contributed by atoms with Crippen molar-refractivity contribution in [3.05, 3.63) is 137 Å². The average molecular weight is 952 g/mol. The van der Waals surface area contributed by atoms with E-state index >= 15 is 0 Å². The van der Waals surface area contributed by atoms with E-state index in [2.05, 4.69) is 13.8 Å². The number of pyridine rings is 1. The first-order valence-electron chi connectivity index (χ1n) is 26.0. The molecule has 0 N–H and O–H groups in total. The number of methoxy groups -OCH3 is 2. The molecule has 0 aliphatic carbocycles. The van der Waals surface area contributed by atoms with Crippen LogP contribution in [-0.2, 0) is 0 Å². The summed E-state index contributed by atoms with van der Waals surface area (Å²) in [6.45, 7) is 5.73. The highest BCUT2D eigenvalue weighted by Gasteiger charge is 2.15. The number of rotatable bonds is 34. The van der Waals surface area contributed by atoms with Crippen molar-refractivity contribution in [2.45, 2.75) is 142 Å². The minimum Gasteiger partial charge on any atom is -0.493 e. The minimum absolute atomic E-state index is 0.379. The van der Waals surface area contributed by atoms with E-state index in [0.717, 1.165) is 48.2 Å². The summed E-state index contributed by atoms with van der Waals surface area (Å²) < 4.78 is 34.5. The zero-order valence-electron chi connectivity index (χ0n) is 42.4. The zero-order valence-corrected chi connectivity index (χ0v) is 42.4. The molecule has 0 radical (unpaired) electrons. The van der Waals surface area contributed by atoms with E-state index in [1.54, 1.807) is 74.9 Å². The Hall–Kier alpha value is -6.35. The first kappa shape index (κ1) is 54.6. The van der Waals surface area contributed by atoms with E-state index in [0.29, 0.717) is 58.8 Å². The lowest BCUT2D eigenvalue weighted by molar-refractivity contribution is 0.0724. The van der Waals surface area contributed by atoms with E-state index < -0.39 is 11.9 Å². The Labute approximate surface area is 418 Å². The summed E-state index contributed by atoms with van der Waals surface area (Å²) in [4.78, 5) is 30.9. The Kier molecular flexibility index (Phi) is 25.3. The lowest BCUT2D eigenvalue weighted by atomic mass is 10.1. The van der Waals surface area contributed by atoms with Crippen LogP contribution in [0.25, 0.3) is 24.3 Å². The van der Waals surface area contributed by atoms with Crippen molar-refractivity contribution in [1.29, 1.82) is 0 Å². The van der Waals surface area contributed by atoms with Gasteiger partial charge in [-0.1, -0.05) is 172 Å². The number of hydrogen-bond donors (Lipinski definition) is 0.